The van der Waals surface area contributed by atoms with Gasteiger partial charge in [-0.05, 0) is 91.1 Å². The van der Waals surface area contributed by atoms with Gasteiger partial charge in [-0.3, -0.25) is 4.90 Å². The zero-order valence-electron chi connectivity index (χ0n) is 22.0. The van der Waals surface area contributed by atoms with Crippen LogP contribution in [0.25, 0.3) is 10.9 Å². The Labute approximate surface area is 214 Å². The maximum atomic E-state index is 5.69. The summed E-state index contributed by atoms with van der Waals surface area (Å²) in [6.45, 7) is 5.72. The summed E-state index contributed by atoms with van der Waals surface area (Å²) < 4.78 is 16.8. The molecule has 2 N–H and O–H groups in total. The van der Waals surface area contributed by atoms with E-state index in [4.69, 9.17) is 14.2 Å². The van der Waals surface area contributed by atoms with Crippen molar-refractivity contribution in [1.82, 2.24) is 15.2 Å². The van der Waals surface area contributed by atoms with Gasteiger partial charge in [-0.1, -0.05) is 13.3 Å². The number of nitrogens with zero attached hydrogens (tertiary/aromatic N) is 1. The first-order valence-electron chi connectivity index (χ1n) is 13.5. The van der Waals surface area contributed by atoms with Crippen LogP contribution in [-0.2, 0) is 12.8 Å². The Kier molecular flexibility index (Phi) is 6.34. The van der Waals surface area contributed by atoms with E-state index in [1.807, 2.05) is 0 Å². The third-order valence-corrected chi connectivity index (χ3v) is 9.10. The number of methoxy groups -OCH3 is 3. The number of piperidine rings is 1. The normalized spacial score (nSPS) is 25.7. The molecule has 0 saturated carbocycles. The first-order chi connectivity index (χ1) is 17.6. The lowest BCUT2D eigenvalue weighted by Crippen LogP contribution is -2.46. The molecule has 1 fully saturated rings. The van der Waals surface area contributed by atoms with Crippen LogP contribution in [0.5, 0.6) is 17.2 Å². The Balaban J connectivity index is 1.30. The maximum Gasteiger partial charge on any atom is 0.161 e. The third-order valence-electron chi connectivity index (χ3n) is 9.10. The molecule has 0 bridgehead atoms. The van der Waals surface area contributed by atoms with Crippen molar-refractivity contribution in [2.45, 2.75) is 51.1 Å². The van der Waals surface area contributed by atoms with E-state index in [1.165, 1.54) is 59.1 Å². The van der Waals surface area contributed by atoms with Crippen LogP contribution in [0, 0.1) is 11.8 Å². The van der Waals surface area contributed by atoms with E-state index >= 15 is 0 Å². The molecule has 1 aromatic heterocycles. The standard InChI is InChI=1S/C30H39N3O3/c1-5-18-17-33-11-9-19-14-28(35-3)29(36-4)16-23(19)27(33)13-20(18)12-26-30-22(8-10-31-26)24-15-21(34-2)6-7-25(24)32-30/h6-7,14-16,18,20,26-27,31-32H,5,8-13,17H2,1-4H3. The first-order valence-corrected chi connectivity index (χ1v) is 13.5. The van der Waals surface area contributed by atoms with Gasteiger partial charge in [-0.2, -0.15) is 0 Å². The van der Waals surface area contributed by atoms with Crippen LogP contribution in [0.1, 0.15) is 60.7 Å². The molecular weight excluding hydrogens is 450 g/mol. The molecule has 6 rings (SSSR count). The lowest BCUT2D eigenvalue weighted by molar-refractivity contribution is 0.0433. The maximum absolute atomic E-state index is 5.69. The summed E-state index contributed by atoms with van der Waals surface area (Å²) in [6.07, 6.45) is 5.74. The van der Waals surface area contributed by atoms with Crippen LogP contribution in [0.3, 0.4) is 0 Å². The van der Waals surface area contributed by atoms with Gasteiger partial charge in [-0.25, -0.2) is 0 Å². The van der Waals surface area contributed by atoms with Gasteiger partial charge < -0.3 is 24.5 Å². The Hall–Kier alpha value is -2.70. The molecule has 6 heteroatoms. The van der Waals surface area contributed by atoms with Crippen LogP contribution >= 0.6 is 0 Å². The number of nitrogens with one attached hydrogen (secondary N) is 2. The minimum Gasteiger partial charge on any atom is -0.497 e. The van der Waals surface area contributed by atoms with Crippen LogP contribution in [0.4, 0.5) is 0 Å². The Bertz CT molecular complexity index is 1250. The number of aromatic nitrogens is 1. The summed E-state index contributed by atoms with van der Waals surface area (Å²) in [5.74, 6) is 4.01. The minimum atomic E-state index is 0.367. The lowest BCUT2D eigenvalue weighted by Gasteiger charge is -2.48. The van der Waals surface area contributed by atoms with E-state index in [0.29, 0.717) is 18.0 Å². The smallest absolute Gasteiger partial charge is 0.161 e. The Morgan fingerprint density at radius 3 is 2.58 bits per heavy atom. The van der Waals surface area contributed by atoms with E-state index in [-0.39, 0.29) is 0 Å². The van der Waals surface area contributed by atoms with Gasteiger partial charge in [0.05, 0.1) is 21.3 Å². The minimum absolute atomic E-state index is 0.367. The molecule has 0 radical (unpaired) electrons. The summed E-state index contributed by atoms with van der Waals surface area (Å²) in [7, 11) is 5.22. The summed E-state index contributed by atoms with van der Waals surface area (Å²) in [5.41, 5.74) is 6.94. The average Bonchev–Trinajstić information content (AvgIpc) is 3.30. The molecule has 4 heterocycles. The zero-order chi connectivity index (χ0) is 24.8. The largest absolute Gasteiger partial charge is 0.497 e. The number of benzene rings is 2. The van der Waals surface area contributed by atoms with Crippen molar-refractivity contribution in [2.75, 3.05) is 41.0 Å². The van der Waals surface area contributed by atoms with Crippen LogP contribution in [-0.4, -0.2) is 50.8 Å². The van der Waals surface area contributed by atoms with E-state index in [0.717, 1.165) is 49.1 Å². The van der Waals surface area contributed by atoms with Crippen LogP contribution in [0.15, 0.2) is 30.3 Å². The van der Waals surface area contributed by atoms with Gasteiger partial charge in [0.2, 0.25) is 0 Å². The van der Waals surface area contributed by atoms with E-state index in [2.05, 4.69) is 52.5 Å². The van der Waals surface area contributed by atoms with Gasteiger partial charge >= 0.3 is 0 Å². The molecule has 2 aromatic carbocycles. The summed E-state index contributed by atoms with van der Waals surface area (Å²) >= 11 is 0. The molecule has 3 aliphatic heterocycles. The molecule has 0 amide bonds. The Morgan fingerprint density at radius 2 is 1.81 bits per heavy atom. The van der Waals surface area contributed by atoms with Gasteiger partial charge in [0.25, 0.3) is 0 Å². The van der Waals surface area contributed by atoms with Gasteiger partial charge in [0, 0.05) is 41.8 Å². The van der Waals surface area contributed by atoms with Crippen molar-refractivity contribution < 1.29 is 14.2 Å². The van der Waals surface area contributed by atoms with Crippen molar-refractivity contribution in [3.63, 3.8) is 0 Å². The molecule has 36 heavy (non-hydrogen) atoms. The fraction of sp³-hybridized carbons (Fsp3) is 0.533. The highest BCUT2D eigenvalue weighted by atomic mass is 16.5. The summed E-state index contributed by atoms with van der Waals surface area (Å²) in [6, 6.07) is 11.7. The molecular formula is C30H39N3O3. The second kappa shape index (κ2) is 9.64. The highest BCUT2D eigenvalue weighted by molar-refractivity contribution is 5.86. The van der Waals surface area contributed by atoms with Gasteiger partial charge in [-0.15, -0.1) is 0 Å². The molecule has 192 valence electrons. The van der Waals surface area contributed by atoms with E-state index < -0.39 is 0 Å². The fourth-order valence-electron chi connectivity index (χ4n) is 7.17. The topological polar surface area (TPSA) is 58.8 Å². The molecule has 0 aliphatic carbocycles. The zero-order valence-corrected chi connectivity index (χ0v) is 22.0. The number of aromatic amines is 1. The van der Waals surface area contributed by atoms with Gasteiger partial charge in [0.15, 0.2) is 11.5 Å². The van der Waals surface area contributed by atoms with Crippen LogP contribution in [0.2, 0.25) is 0 Å². The van der Waals surface area contributed by atoms with Crippen LogP contribution < -0.4 is 19.5 Å². The quantitative estimate of drug-likeness (QED) is 0.485. The van der Waals surface area contributed by atoms with Crippen molar-refractivity contribution in [2.24, 2.45) is 11.8 Å². The van der Waals surface area contributed by atoms with E-state index in [9.17, 15) is 0 Å². The van der Waals surface area contributed by atoms with Crippen molar-refractivity contribution >= 4 is 10.9 Å². The van der Waals surface area contributed by atoms with Gasteiger partial charge in [0.1, 0.15) is 5.75 Å². The molecule has 4 atom stereocenters. The lowest BCUT2D eigenvalue weighted by atomic mass is 9.73. The number of hydrogen-bond donors (Lipinski definition) is 2. The third kappa shape index (κ3) is 3.95. The number of rotatable bonds is 6. The number of ether oxygens (including phenoxy) is 3. The van der Waals surface area contributed by atoms with Crippen molar-refractivity contribution in [3.05, 3.63) is 52.7 Å². The fourth-order valence-corrected chi connectivity index (χ4v) is 7.17. The number of fused-ring (bicyclic) bond motifs is 6. The monoisotopic (exact) mass is 489 g/mol. The summed E-state index contributed by atoms with van der Waals surface area (Å²) in [4.78, 5) is 6.51. The molecule has 4 unspecified atom stereocenters. The van der Waals surface area contributed by atoms with Crippen molar-refractivity contribution in [1.29, 1.82) is 0 Å². The predicted octanol–water partition coefficient (Wildman–Crippen LogP) is 5.42. The highest BCUT2D eigenvalue weighted by Gasteiger charge is 2.40. The molecule has 3 aliphatic rings. The Morgan fingerprint density at radius 1 is 0.972 bits per heavy atom. The SMILES string of the molecule is CCC1CN2CCc3cc(OC)c(OC)cc3C2CC1CC1NCCc2c1[nH]c1ccc(OC)cc21. The second-order valence-corrected chi connectivity index (χ2v) is 10.8. The predicted molar refractivity (Wildman–Crippen MR) is 143 cm³/mol. The molecule has 1 saturated heterocycles. The number of H-pyrrole nitrogens is 1. The number of hydrogen-bond acceptors (Lipinski definition) is 5. The summed E-state index contributed by atoms with van der Waals surface area (Å²) in [5, 5.41) is 5.19. The molecule has 3 aromatic rings. The highest BCUT2D eigenvalue weighted by Crippen LogP contribution is 2.47. The van der Waals surface area contributed by atoms with Crippen molar-refractivity contribution in [3.8, 4) is 17.2 Å². The second-order valence-electron chi connectivity index (χ2n) is 10.8. The molecule has 6 nitrogen and oxygen atoms in total. The van der Waals surface area contributed by atoms with E-state index in [1.54, 1.807) is 21.3 Å². The molecule has 0 spiro atoms. The average molecular weight is 490 g/mol. The first kappa shape index (κ1) is 23.7.